The second kappa shape index (κ2) is 9.26. The van der Waals surface area contributed by atoms with Crippen molar-refractivity contribution in [2.45, 2.75) is 6.92 Å². The Morgan fingerprint density at radius 2 is 1.58 bits per heavy atom. The maximum atomic E-state index is 12.3. The summed E-state index contributed by atoms with van der Waals surface area (Å²) in [6.45, 7) is 0.830. The summed E-state index contributed by atoms with van der Waals surface area (Å²) in [5.74, 6) is -3.66. The van der Waals surface area contributed by atoms with Crippen molar-refractivity contribution >= 4 is 41.0 Å². The van der Waals surface area contributed by atoms with E-state index in [1.54, 1.807) is 6.92 Å². The number of carbonyl (C=O) groups excluding carboxylic acids is 5. The monoisotopic (exact) mass is 455 g/mol. The molecule has 0 aromatic heterocycles. The largest absolute Gasteiger partial charge is 0.462 e. The van der Waals surface area contributed by atoms with Crippen LogP contribution in [-0.4, -0.2) is 59.7 Å². The first kappa shape index (κ1) is 23.1. The molecule has 0 radical (unpaired) electrons. The average Bonchev–Trinajstić information content (AvgIpc) is 3.00. The first-order valence-electron chi connectivity index (χ1n) is 9.52. The molecule has 0 saturated carbocycles. The molecule has 33 heavy (non-hydrogen) atoms. The van der Waals surface area contributed by atoms with E-state index in [1.807, 2.05) is 0 Å². The van der Waals surface area contributed by atoms with Crippen LogP contribution in [0.3, 0.4) is 0 Å². The smallest absolute Gasteiger partial charge is 0.338 e. The highest BCUT2D eigenvalue weighted by Crippen LogP contribution is 2.25. The molecule has 0 saturated heterocycles. The SMILES string of the molecule is CCOC(=O)c1cc(C(=O)OCC(=O)Nc2ccc3c(c2)C(=O)N(C)C3=O)cc([N+](=O)[O-])c1. The maximum absolute atomic E-state index is 12.3. The van der Waals surface area contributed by atoms with Crippen LogP contribution in [0.4, 0.5) is 11.4 Å². The van der Waals surface area contributed by atoms with Gasteiger partial charge in [0.15, 0.2) is 6.61 Å². The van der Waals surface area contributed by atoms with E-state index in [-0.39, 0.29) is 34.5 Å². The zero-order valence-corrected chi connectivity index (χ0v) is 17.4. The van der Waals surface area contributed by atoms with Crippen molar-refractivity contribution in [3.8, 4) is 0 Å². The van der Waals surface area contributed by atoms with E-state index in [1.165, 1.54) is 25.2 Å². The van der Waals surface area contributed by atoms with Gasteiger partial charge in [0, 0.05) is 24.9 Å². The van der Waals surface area contributed by atoms with Gasteiger partial charge >= 0.3 is 11.9 Å². The molecule has 170 valence electrons. The first-order valence-corrected chi connectivity index (χ1v) is 9.52. The summed E-state index contributed by atoms with van der Waals surface area (Å²) in [5.41, 5.74) is -0.532. The molecule has 0 spiro atoms. The number of nitrogens with one attached hydrogen (secondary N) is 1. The lowest BCUT2D eigenvalue weighted by atomic mass is 10.1. The van der Waals surface area contributed by atoms with Crippen LogP contribution < -0.4 is 5.32 Å². The van der Waals surface area contributed by atoms with Crippen molar-refractivity contribution in [2.24, 2.45) is 0 Å². The van der Waals surface area contributed by atoms with Crippen molar-refractivity contribution in [2.75, 3.05) is 25.6 Å². The minimum Gasteiger partial charge on any atom is -0.462 e. The number of nitrogens with zero attached hydrogens (tertiary/aromatic N) is 2. The summed E-state index contributed by atoms with van der Waals surface area (Å²) >= 11 is 0. The third-order valence-electron chi connectivity index (χ3n) is 4.58. The van der Waals surface area contributed by atoms with Crippen LogP contribution in [0.25, 0.3) is 0 Å². The zero-order valence-electron chi connectivity index (χ0n) is 17.4. The number of ether oxygens (including phenoxy) is 2. The molecule has 0 atom stereocenters. The maximum Gasteiger partial charge on any atom is 0.338 e. The number of anilines is 1. The lowest BCUT2D eigenvalue weighted by molar-refractivity contribution is -0.384. The van der Waals surface area contributed by atoms with Crippen molar-refractivity contribution < 1.29 is 38.4 Å². The second-order valence-corrected chi connectivity index (χ2v) is 6.80. The molecule has 12 nitrogen and oxygen atoms in total. The number of imide groups is 1. The molecule has 3 rings (SSSR count). The standard InChI is InChI=1S/C21H17N3O9/c1-3-32-20(28)11-6-12(8-14(7-11)24(30)31)21(29)33-10-17(25)22-13-4-5-15-16(9-13)19(27)23(2)18(15)26/h4-9H,3,10H2,1-2H3,(H,22,25). The highest BCUT2D eigenvalue weighted by atomic mass is 16.6. The summed E-state index contributed by atoms with van der Waals surface area (Å²) in [4.78, 5) is 71.6. The first-order chi connectivity index (χ1) is 15.6. The van der Waals surface area contributed by atoms with Crippen LogP contribution in [0.5, 0.6) is 0 Å². The number of benzene rings is 2. The Bertz CT molecular complexity index is 1210. The number of hydrogen-bond donors (Lipinski definition) is 1. The van der Waals surface area contributed by atoms with Gasteiger partial charge in [0.2, 0.25) is 0 Å². The van der Waals surface area contributed by atoms with Crippen LogP contribution in [0.1, 0.15) is 48.4 Å². The number of amides is 3. The molecule has 1 aliphatic heterocycles. The van der Waals surface area contributed by atoms with Gasteiger partial charge in [0.05, 0.1) is 33.8 Å². The van der Waals surface area contributed by atoms with Crippen molar-refractivity contribution in [1.82, 2.24) is 4.90 Å². The van der Waals surface area contributed by atoms with E-state index in [2.05, 4.69) is 5.32 Å². The molecular weight excluding hydrogens is 438 g/mol. The van der Waals surface area contributed by atoms with Gasteiger partial charge in [-0.05, 0) is 31.2 Å². The summed E-state index contributed by atoms with van der Waals surface area (Å²) < 4.78 is 9.67. The number of esters is 2. The Hall–Kier alpha value is -4.61. The number of rotatable bonds is 7. The molecule has 0 unspecified atom stereocenters. The molecule has 2 aromatic rings. The molecule has 3 amide bonds. The van der Waals surface area contributed by atoms with Gasteiger partial charge in [-0.3, -0.25) is 29.4 Å². The fourth-order valence-electron chi connectivity index (χ4n) is 3.02. The van der Waals surface area contributed by atoms with Crippen molar-refractivity contribution in [3.05, 3.63) is 68.8 Å². The van der Waals surface area contributed by atoms with Crippen LogP contribution in [-0.2, 0) is 14.3 Å². The molecule has 2 aromatic carbocycles. The molecular formula is C21H17N3O9. The number of carbonyl (C=O) groups is 5. The Kier molecular flexibility index (Phi) is 6.47. The molecule has 1 aliphatic rings. The highest BCUT2D eigenvalue weighted by molar-refractivity contribution is 6.21. The third kappa shape index (κ3) is 4.84. The third-order valence-corrected chi connectivity index (χ3v) is 4.58. The number of nitro groups is 1. The summed E-state index contributed by atoms with van der Waals surface area (Å²) in [7, 11) is 1.34. The van der Waals surface area contributed by atoms with Gasteiger partial charge in [-0.25, -0.2) is 9.59 Å². The van der Waals surface area contributed by atoms with E-state index >= 15 is 0 Å². The topological polar surface area (TPSA) is 162 Å². The van der Waals surface area contributed by atoms with Gasteiger partial charge in [0.25, 0.3) is 23.4 Å². The van der Waals surface area contributed by atoms with Gasteiger partial charge in [0.1, 0.15) is 0 Å². The van der Waals surface area contributed by atoms with E-state index in [9.17, 15) is 34.1 Å². The normalized spacial score (nSPS) is 12.2. The molecule has 1 N–H and O–H groups in total. The highest BCUT2D eigenvalue weighted by Gasteiger charge is 2.32. The van der Waals surface area contributed by atoms with E-state index in [4.69, 9.17) is 9.47 Å². The van der Waals surface area contributed by atoms with Crippen LogP contribution in [0, 0.1) is 10.1 Å². The number of non-ortho nitro benzene ring substituents is 1. The van der Waals surface area contributed by atoms with Crippen LogP contribution >= 0.6 is 0 Å². The lowest BCUT2D eigenvalue weighted by Gasteiger charge is -2.08. The summed E-state index contributed by atoms with van der Waals surface area (Å²) in [5, 5.41) is 13.5. The predicted molar refractivity (Wildman–Crippen MR) is 111 cm³/mol. The Morgan fingerprint density at radius 3 is 2.18 bits per heavy atom. The molecule has 0 aliphatic carbocycles. The predicted octanol–water partition coefficient (Wildman–Crippen LogP) is 1.79. The zero-order chi connectivity index (χ0) is 24.3. The van der Waals surface area contributed by atoms with Gasteiger partial charge < -0.3 is 14.8 Å². The average molecular weight is 455 g/mol. The van der Waals surface area contributed by atoms with Crippen molar-refractivity contribution in [1.29, 1.82) is 0 Å². The molecule has 12 heteroatoms. The minimum atomic E-state index is -1.07. The van der Waals surface area contributed by atoms with Crippen LogP contribution in [0.2, 0.25) is 0 Å². The van der Waals surface area contributed by atoms with Gasteiger partial charge in [-0.15, -0.1) is 0 Å². The number of hydrogen-bond acceptors (Lipinski definition) is 9. The minimum absolute atomic E-state index is 0.0280. The summed E-state index contributed by atoms with van der Waals surface area (Å²) in [6, 6.07) is 7.05. The van der Waals surface area contributed by atoms with Gasteiger partial charge in [-0.1, -0.05) is 0 Å². The second-order valence-electron chi connectivity index (χ2n) is 6.80. The fraction of sp³-hybridized carbons (Fsp3) is 0.190. The fourth-order valence-corrected chi connectivity index (χ4v) is 3.02. The van der Waals surface area contributed by atoms with Gasteiger partial charge in [-0.2, -0.15) is 0 Å². The number of nitro benzene ring substituents is 1. The molecule has 1 heterocycles. The van der Waals surface area contributed by atoms with Crippen molar-refractivity contribution in [3.63, 3.8) is 0 Å². The van der Waals surface area contributed by atoms with E-state index < -0.39 is 46.9 Å². The lowest BCUT2D eigenvalue weighted by Crippen LogP contribution is -2.24. The molecule has 0 fully saturated rings. The number of fused-ring (bicyclic) bond motifs is 1. The Labute approximate surface area is 186 Å². The van der Waals surface area contributed by atoms with Crippen LogP contribution in [0.15, 0.2) is 36.4 Å². The Morgan fingerprint density at radius 1 is 0.970 bits per heavy atom. The quantitative estimate of drug-likeness (QED) is 0.284. The van der Waals surface area contributed by atoms with E-state index in [0.29, 0.717) is 0 Å². The van der Waals surface area contributed by atoms with E-state index in [0.717, 1.165) is 23.1 Å². The Balaban J connectivity index is 1.68. The molecule has 0 bridgehead atoms. The summed E-state index contributed by atoms with van der Waals surface area (Å²) in [6.07, 6.45) is 0.